The van der Waals surface area contributed by atoms with E-state index in [0.717, 1.165) is 12.8 Å². The summed E-state index contributed by atoms with van der Waals surface area (Å²) in [4.78, 5) is 15.4. The van der Waals surface area contributed by atoms with Crippen LogP contribution in [0.4, 0.5) is 0 Å². The van der Waals surface area contributed by atoms with Crippen molar-refractivity contribution in [3.63, 3.8) is 0 Å². The Labute approximate surface area is 81.2 Å². The van der Waals surface area contributed by atoms with Gasteiger partial charge in [-0.1, -0.05) is 13.3 Å². The van der Waals surface area contributed by atoms with E-state index in [4.69, 9.17) is 0 Å². The van der Waals surface area contributed by atoms with E-state index in [2.05, 4.69) is 17.2 Å². The molecular formula is C9H12N2OS. The normalized spacial score (nSPS) is 25.6. The van der Waals surface area contributed by atoms with Crippen molar-refractivity contribution < 1.29 is 4.79 Å². The number of carbonyl (C=O) groups excluding carboxylic acids is 1. The van der Waals surface area contributed by atoms with Crippen molar-refractivity contribution in [2.24, 2.45) is 5.92 Å². The van der Waals surface area contributed by atoms with E-state index in [1.54, 1.807) is 6.20 Å². The fourth-order valence-corrected chi connectivity index (χ4v) is 1.98. The Morgan fingerprint density at radius 1 is 1.85 bits per heavy atom. The highest BCUT2D eigenvalue weighted by atomic mass is 32.1. The fraction of sp³-hybridized carbons (Fsp3) is 0.556. The third-order valence-corrected chi connectivity index (χ3v) is 3.16. The number of hydrogen-bond acceptors (Lipinski definition) is 3. The molecule has 1 fully saturated rings. The van der Waals surface area contributed by atoms with Crippen molar-refractivity contribution in [2.75, 3.05) is 0 Å². The highest BCUT2D eigenvalue weighted by Crippen LogP contribution is 2.33. The van der Waals surface area contributed by atoms with Crippen molar-refractivity contribution in [3.05, 3.63) is 16.6 Å². The molecule has 0 unspecified atom stereocenters. The topological polar surface area (TPSA) is 42.0 Å². The minimum atomic E-state index is -0.0176. The lowest BCUT2D eigenvalue weighted by molar-refractivity contribution is 0.0948. The Bertz CT molecular complexity index is 297. The Balaban J connectivity index is 1.87. The lowest BCUT2D eigenvalue weighted by Gasteiger charge is -1.99. The number of amides is 1. The quantitative estimate of drug-likeness (QED) is 0.799. The smallest absolute Gasteiger partial charge is 0.280 e. The molecular weight excluding hydrogens is 184 g/mol. The van der Waals surface area contributed by atoms with Crippen LogP contribution in [0.1, 0.15) is 29.6 Å². The maximum Gasteiger partial charge on any atom is 0.280 e. The number of thiazole rings is 1. The third kappa shape index (κ3) is 1.88. The van der Waals surface area contributed by atoms with Crippen molar-refractivity contribution in [1.82, 2.24) is 10.3 Å². The SMILES string of the molecule is CC[C@@H]1C[C@H]1NC(=O)c1nccs1. The number of rotatable bonds is 3. The van der Waals surface area contributed by atoms with Gasteiger partial charge >= 0.3 is 0 Å². The van der Waals surface area contributed by atoms with Gasteiger partial charge in [-0.2, -0.15) is 0 Å². The molecule has 1 aliphatic carbocycles. The molecule has 0 radical (unpaired) electrons. The maximum absolute atomic E-state index is 11.5. The summed E-state index contributed by atoms with van der Waals surface area (Å²) < 4.78 is 0. The minimum absolute atomic E-state index is 0.0176. The average Bonchev–Trinajstić information content (AvgIpc) is 2.68. The van der Waals surface area contributed by atoms with Crippen molar-refractivity contribution >= 4 is 17.2 Å². The molecule has 13 heavy (non-hydrogen) atoms. The summed E-state index contributed by atoms with van der Waals surface area (Å²) in [5, 5.41) is 5.36. The van der Waals surface area contributed by atoms with Gasteiger partial charge in [-0.3, -0.25) is 4.79 Å². The molecule has 0 bridgehead atoms. The van der Waals surface area contributed by atoms with E-state index in [-0.39, 0.29) is 5.91 Å². The Morgan fingerprint density at radius 3 is 3.23 bits per heavy atom. The Hall–Kier alpha value is -0.900. The highest BCUT2D eigenvalue weighted by molar-refractivity contribution is 7.11. The van der Waals surface area contributed by atoms with Gasteiger partial charge in [-0.05, 0) is 12.3 Å². The Morgan fingerprint density at radius 2 is 2.69 bits per heavy atom. The number of nitrogens with one attached hydrogen (secondary N) is 1. The summed E-state index contributed by atoms with van der Waals surface area (Å²) in [7, 11) is 0. The molecule has 1 amide bonds. The molecule has 0 saturated heterocycles. The van der Waals surface area contributed by atoms with Crippen LogP contribution in [0.5, 0.6) is 0 Å². The molecule has 0 aliphatic heterocycles. The van der Waals surface area contributed by atoms with Gasteiger partial charge in [0.15, 0.2) is 5.01 Å². The van der Waals surface area contributed by atoms with Crippen LogP contribution in [0.2, 0.25) is 0 Å². The van der Waals surface area contributed by atoms with E-state index < -0.39 is 0 Å². The van der Waals surface area contributed by atoms with Gasteiger partial charge < -0.3 is 5.32 Å². The number of aromatic nitrogens is 1. The molecule has 2 atom stereocenters. The monoisotopic (exact) mass is 196 g/mol. The molecule has 4 heteroatoms. The highest BCUT2D eigenvalue weighted by Gasteiger charge is 2.36. The number of carbonyl (C=O) groups is 1. The van der Waals surface area contributed by atoms with E-state index in [1.807, 2.05) is 5.38 Å². The first kappa shape index (κ1) is 8.69. The lowest BCUT2D eigenvalue weighted by atomic mass is 10.3. The molecule has 2 rings (SSSR count). The van der Waals surface area contributed by atoms with Crippen LogP contribution < -0.4 is 5.32 Å². The molecule has 0 spiro atoms. The molecule has 1 saturated carbocycles. The van der Waals surface area contributed by atoms with E-state index in [1.165, 1.54) is 11.3 Å². The number of hydrogen-bond donors (Lipinski definition) is 1. The van der Waals surface area contributed by atoms with Crippen molar-refractivity contribution in [1.29, 1.82) is 0 Å². The van der Waals surface area contributed by atoms with Crippen LogP contribution >= 0.6 is 11.3 Å². The zero-order valence-corrected chi connectivity index (χ0v) is 8.30. The van der Waals surface area contributed by atoms with Crippen LogP contribution in [-0.4, -0.2) is 16.9 Å². The predicted molar refractivity (Wildman–Crippen MR) is 51.8 cm³/mol. The summed E-state index contributed by atoms with van der Waals surface area (Å²) in [6.07, 6.45) is 3.94. The van der Waals surface area contributed by atoms with Crippen LogP contribution in [0.3, 0.4) is 0 Å². The van der Waals surface area contributed by atoms with Gasteiger partial charge in [0.25, 0.3) is 5.91 Å². The van der Waals surface area contributed by atoms with Crippen LogP contribution in [0, 0.1) is 5.92 Å². The van der Waals surface area contributed by atoms with Gasteiger partial charge in [0, 0.05) is 17.6 Å². The molecule has 3 nitrogen and oxygen atoms in total. The predicted octanol–water partition coefficient (Wildman–Crippen LogP) is 1.67. The molecule has 1 N–H and O–H groups in total. The molecule has 1 aromatic heterocycles. The second-order valence-corrected chi connectivity index (χ2v) is 4.22. The van der Waals surface area contributed by atoms with E-state index >= 15 is 0 Å². The Kier molecular flexibility index (Phi) is 2.31. The summed E-state index contributed by atoms with van der Waals surface area (Å²) in [5.41, 5.74) is 0. The molecule has 0 aromatic carbocycles. The van der Waals surface area contributed by atoms with Gasteiger partial charge in [-0.15, -0.1) is 11.3 Å². The number of nitrogens with zero attached hydrogens (tertiary/aromatic N) is 1. The third-order valence-electron chi connectivity index (χ3n) is 2.39. The fourth-order valence-electron chi connectivity index (χ4n) is 1.44. The van der Waals surface area contributed by atoms with E-state index in [9.17, 15) is 4.79 Å². The van der Waals surface area contributed by atoms with Gasteiger partial charge in [0.1, 0.15) is 0 Å². The summed E-state index contributed by atoms with van der Waals surface area (Å²) >= 11 is 1.39. The lowest BCUT2D eigenvalue weighted by Crippen LogP contribution is -2.26. The zero-order valence-electron chi connectivity index (χ0n) is 7.49. The van der Waals surface area contributed by atoms with Crippen molar-refractivity contribution in [3.8, 4) is 0 Å². The minimum Gasteiger partial charge on any atom is -0.347 e. The van der Waals surface area contributed by atoms with Crippen molar-refractivity contribution in [2.45, 2.75) is 25.8 Å². The second kappa shape index (κ2) is 3.46. The first-order chi connectivity index (χ1) is 6.31. The first-order valence-corrected chi connectivity index (χ1v) is 5.39. The first-order valence-electron chi connectivity index (χ1n) is 4.51. The van der Waals surface area contributed by atoms with Gasteiger partial charge in [-0.25, -0.2) is 4.98 Å². The second-order valence-electron chi connectivity index (χ2n) is 3.32. The van der Waals surface area contributed by atoms with Crippen LogP contribution in [0.25, 0.3) is 0 Å². The zero-order chi connectivity index (χ0) is 9.26. The standard InChI is InChI=1S/C9H12N2OS/c1-2-6-5-7(6)11-8(12)9-10-3-4-13-9/h3-4,6-7H,2,5H2,1H3,(H,11,12)/t6-,7-/m1/s1. The summed E-state index contributed by atoms with van der Waals surface area (Å²) in [6.45, 7) is 2.15. The van der Waals surface area contributed by atoms with Gasteiger partial charge in [0.2, 0.25) is 0 Å². The van der Waals surface area contributed by atoms with Gasteiger partial charge in [0.05, 0.1) is 0 Å². The maximum atomic E-state index is 11.5. The van der Waals surface area contributed by atoms with Crippen LogP contribution in [-0.2, 0) is 0 Å². The molecule has 70 valence electrons. The van der Waals surface area contributed by atoms with Crippen LogP contribution in [0.15, 0.2) is 11.6 Å². The largest absolute Gasteiger partial charge is 0.347 e. The summed E-state index contributed by atoms with van der Waals surface area (Å²) in [6, 6.07) is 0.404. The summed E-state index contributed by atoms with van der Waals surface area (Å²) in [5.74, 6) is 0.680. The molecule has 1 heterocycles. The average molecular weight is 196 g/mol. The molecule has 1 aromatic rings. The van der Waals surface area contributed by atoms with E-state index in [0.29, 0.717) is 17.0 Å². The molecule has 1 aliphatic rings.